The van der Waals surface area contributed by atoms with Crippen LogP contribution < -0.4 is 0 Å². The highest BCUT2D eigenvalue weighted by Gasteiger charge is 2.13. The topological polar surface area (TPSA) is 79.5 Å². The van der Waals surface area contributed by atoms with Gasteiger partial charge in [-0.05, 0) is 13.0 Å². The molecule has 1 aromatic heterocycles. The van der Waals surface area contributed by atoms with Gasteiger partial charge >= 0.3 is 5.97 Å². The number of carboxylic acids is 1. The molecule has 1 heterocycles. The van der Waals surface area contributed by atoms with Gasteiger partial charge in [0.15, 0.2) is 5.82 Å². The molecule has 0 amide bonds. The van der Waals surface area contributed by atoms with E-state index in [-0.39, 0.29) is 6.54 Å². The van der Waals surface area contributed by atoms with Crippen LogP contribution in [0, 0.1) is 0 Å². The third kappa shape index (κ3) is 3.98. The Bertz CT molecular complexity index is 338. The van der Waals surface area contributed by atoms with Gasteiger partial charge in [-0.15, -0.1) is 0 Å². The van der Waals surface area contributed by atoms with Gasteiger partial charge < -0.3 is 9.63 Å². The van der Waals surface area contributed by atoms with Crippen molar-refractivity contribution >= 4 is 5.97 Å². The van der Waals surface area contributed by atoms with E-state index < -0.39 is 5.97 Å². The van der Waals surface area contributed by atoms with Crippen LogP contribution in [0.2, 0.25) is 0 Å². The van der Waals surface area contributed by atoms with E-state index in [1.165, 1.54) is 0 Å². The van der Waals surface area contributed by atoms with E-state index in [1.54, 1.807) is 4.90 Å². The van der Waals surface area contributed by atoms with E-state index in [1.807, 2.05) is 13.8 Å². The summed E-state index contributed by atoms with van der Waals surface area (Å²) in [5, 5.41) is 12.5. The van der Waals surface area contributed by atoms with Crippen molar-refractivity contribution in [2.24, 2.45) is 0 Å². The zero-order valence-electron chi connectivity index (χ0n) is 9.64. The van der Waals surface area contributed by atoms with Crippen molar-refractivity contribution in [3.63, 3.8) is 0 Å². The first-order chi connectivity index (χ1) is 7.65. The maximum atomic E-state index is 10.6. The van der Waals surface area contributed by atoms with Crippen LogP contribution in [-0.2, 0) is 17.8 Å². The summed E-state index contributed by atoms with van der Waals surface area (Å²) < 4.78 is 5.02. The van der Waals surface area contributed by atoms with Gasteiger partial charge in [0.1, 0.15) is 0 Å². The van der Waals surface area contributed by atoms with E-state index in [4.69, 9.17) is 9.63 Å². The Labute approximate surface area is 94.3 Å². The molecule has 1 N–H and O–H groups in total. The van der Waals surface area contributed by atoms with Crippen molar-refractivity contribution in [3.8, 4) is 0 Å². The molecule has 0 aliphatic carbocycles. The van der Waals surface area contributed by atoms with Crippen LogP contribution in [0.1, 0.15) is 32.0 Å². The number of hydrogen-bond donors (Lipinski definition) is 1. The standard InChI is InChI=1S/C10H17N3O3/c1-3-5-13(7-10(14)15)6-9-11-8(4-2)12-16-9/h3-7H2,1-2H3,(H,14,15). The van der Waals surface area contributed by atoms with Gasteiger partial charge in [-0.1, -0.05) is 19.0 Å². The van der Waals surface area contributed by atoms with E-state index >= 15 is 0 Å². The molecule has 0 spiro atoms. The van der Waals surface area contributed by atoms with E-state index in [0.717, 1.165) is 12.8 Å². The molecular weight excluding hydrogens is 210 g/mol. The van der Waals surface area contributed by atoms with E-state index in [2.05, 4.69) is 10.1 Å². The lowest BCUT2D eigenvalue weighted by Gasteiger charge is -2.16. The number of carbonyl (C=O) groups is 1. The van der Waals surface area contributed by atoms with Gasteiger partial charge in [-0.2, -0.15) is 4.98 Å². The average molecular weight is 227 g/mol. The highest BCUT2D eigenvalue weighted by molar-refractivity contribution is 5.69. The molecule has 0 aromatic carbocycles. The Balaban J connectivity index is 2.56. The first-order valence-electron chi connectivity index (χ1n) is 5.41. The molecule has 0 saturated heterocycles. The van der Waals surface area contributed by atoms with Crippen molar-refractivity contribution in [1.29, 1.82) is 0 Å². The SMILES string of the molecule is CCCN(CC(=O)O)Cc1nc(CC)no1. The Kier molecular flexibility index (Phi) is 4.91. The fraction of sp³-hybridized carbons (Fsp3) is 0.700. The molecule has 0 saturated carbocycles. The van der Waals surface area contributed by atoms with Gasteiger partial charge in [0, 0.05) is 6.42 Å². The van der Waals surface area contributed by atoms with Crippen molar-refractivity contribution in [1.82, 2.24) is 15.0 Å². The molecule has 6 heteroatoms. The lowest BCUT2D eigenvalue weighted by atomic mass is 10.4. The van der Waals surface area contributed by atoms with Crippen LogP contribution in [0.25, 0.3) is 0 Å². The van der Waals surface area contributed by atoms with Crippen molar-refractivity contribution in [2.45, 2.75) is 33.2 Å². The summed E-state index contributed by atoms with van der Waals surface area (Å²) >= 11 is 0. The Morgan fingerprint density at radius 3 is 2.75 bits per heavy atom. The molecule has 0 unspecified atom stereocenters. The number of aliphatic carboxylic acids is 1. The van der Waals surface area contributed by atoms with Crippen LogP contribution >= 0.6 is 0 Å². The summed E-state index contributed by atoms with van der Waals surface area (Å²) in [5.41, 5.74) is 0. The lowest BCUT2D eigenvalue weighted by molar-refractivity contribution is -0.138. The monoisotopic (exact) mass is 227 g/mol. The second-order valence-corrected chi connectivity index (χ2v) is 3.56. The molecule has 6 nitrogen and oxygen atoms in total. The summed E-state index contributed by atoms with van der Waals surface area (Å²) in [6, 6.07) is 0. The molecule has 0 bridgehead atoms. The van der Waals surface area contributed by atoms with Gasteiger partial charge in [0.2, 0.25) is 5.89 Å². The minimum atomic E-state index is -0.844. The number of aryl methyl sites for hydroxylation is 1. The molecular formula is C10H17N3O3. The predicted octanol–water partition coefficient (Wildman–Crippen LogP) is 0.929. The predicted molar refractivity (Wildman–Crippen MR) is 56.9 cm³/mol. The van der Waals surface area contributed by atoms with Crippen molar-refractivity contribution < 1.29 is 14.4 Å². The lowest BCUT2D eigenvalue weighted by Crippen LogP contribution is -2.30. The van der Waals surface area contributed by atoms with E-state index in [9.17, 15) is 4.79 Å². The van der Waals surface area contributed by atoms with Crippen LogP contribution in [0.5, 0.6) is 0 Å². The molecule has 90 valence electrons. The number of aromatic nitrogens is 2. The normalized spacial score (nSPS) is 10.9. The van der Waals surface area contributed by atoms with Crippen molar-refractivity contribution in [3.05, 3.63) is 11.7 Å². The molecule has 0 fully saturated rings. The van der Waals surface area contributed by atoms with Crippen LogP contribution in [0.15, 0.2) is 4.52 Å². The van der Waals surface area contributed by atoms with Gasteiger partial charge in [0.05, 0.1) is 13.1 Å². The zero-order chi connectivity index (χ0) is 12.0. The fourth-order valence-electron chi connectivity index (χ4n) is 1.41. The third-order valence-corrected chi connectivity index (χ3v) is 2.08. The molecule has 0 radical (unpaired) electrons. The summed E-state index contributed by atoms with van der Waals surface area (Å²) in [4.78, 5) is 16.5. The van der Waals surface area contributed by atoms with Gasteiger partial charge in [-0.3, -0.25) is 9.69 Å². The third-order valence-electron chi connectivity index (χ3n) is 2.08. The number of rotatable bonds is 7. The molecule has 1 rings (SSSR count). The fourth-order valence-corrected chi connectivity index (χ4v) is 1.41. The minimum Gasteiger partial charge on any atom is -0.480 e. The quantitative estimate of drug-likeness (QED) is 0.746. The second kappa shape index (κ2) is 6.22. The smallest absolute Gasteiger partial charge is 0.317 e. The summed E-state index contributed by atoms with van der Waals surface area (Å²) in [5.74, 6) is 0.289. The molecule has 0 aliphatic heterocycles. The van der Waals surface area contributed by atoms with Crippen molar-refractivity contribution in [2.75, 3.05) is 13.1 Å². The van der Waals surface area contributed by atoms with Gasteiger partial charge in [-0.25, -0.2) is 0 Å². The largest absolute Gasteiger partial charge is 0.480 e. The maximum Gasteiger partial charge on any atom is 0.317 e. The molecule has 16 heavy (non-hydrogen) atoms. The maximum absolute atomic E-state index is 10.6. The van der Waals surface area contributed by atoms with E-state index in [0.29, 0.717) is 24.8 Å². The highest BCUT2D eigenvalue weighted by Crippen LogP contribution is 2.03. The minimum absolute atomic E-state index is 0.00230. The summed E-state index contributed by atoms with van der Waals surface area (Å²) in [7, 11) is 0. The number of carboxylic acid groups (broad SMARTS) is 1. The summed E-state index contributed by atoms with van der Waals surface area (Å²) in [6.07, 6.45) is 1.61. The van der Waals surface area contributed by atoms with Crippen LogP contribution in [0.4, 0.5) is 0 Å². The molecule has 1 aromatic rings. The molecule has 0 aliphatic rings. The molecule has 0 atom stereocenters. The second-order valence-electron chi connectivity index (χ2n) is 3.56. The highest BCUT2D eigenvalue weighted by atomic mass is 16.5. The summed E-state index contributed by atoms with van der Waals surface area (Å²) in [6.45, 7) is 5.04. The Morgan fingerprint density at radius 1 is 1.50 bits per heavy atom. The Morgan fingerprint density at radius 2 is 2.25 bits per heavy atom. The Hall–Kier alpha value is -1.43. The van der Waals surface area contributed by atoms with Crippen LogP contribution in [0.3, 0.4) is 0 Å². The number of hydrogen-bond acceptors (Lipinski definition) is 5. The van der Waals surface area contributed by atoms with Crippen LogP contribution in [-0.4, -0.2) is 39.2 Å². The first-order valence-corrected chi connectivity index (χ1v) is 5.41. The first kappa shape index (κ1) is 12.6. The van der Waals surface area contributed by atoms with Gasteiger partial charge in [0.25, 0.3) is 0 Å². The average Bonchev–Trinajstić information content (AvgIpc) is 2.65. The zero-order valence-corrected chi connectivity index (χ0v) is 9.64. The number of nitrogens with zero attached hydrogens (tertiary/aromatic N) is 3.